The minimum atomic E-state index is -0.799. The van der Waals surface area contributed by atoms with E-state index in [-0.39, 0.29) is 22.6 Å². The topological polar surface area (TPSA) is 148 Å². The Kier molecular flexibility index (Phi) is 7.35. The maximum absolute atomic E-state index is 12.7. The molecular formula is C23H15BrN4O6. The van der Waals surface area contributed by atoms with Crippen molar-refractivity contribution in [3.05, 3.63) is 102 Å². The number of nitro groups is 2. The molecule has 0 radical (unpaired) electrons. The fourth-order valence-corrected chi connectivity index (χ4v) is 3.28. The van der Waals surface area contributed by atoms with E-state index >= 15 is 0 Å². The van der Waals surface area contributed by atoms with Crippen molar-refractivity contribution in [1.82, 2.24) is 0 Å². The van der Waals surface area contributed by atoms with Gasteiger partial charge in [-0.05, 0) is 48.9 Å². The van der Waals surface area contributed by atoms with Gasteiger partial charge in [0.15, 0.2) is 0 Å². The molecule has 0 saturated heterocycles. The Morgan fingerprint density at radius 1 is 1.06 bits per heavy atom. The van der Waals surface area contributed by atoms with Gasteiger partial charge in [0, 0.05) is 21.8 Å². The monoisotopic (exact) mass is 522 g/mol. The van der Waals surface area contributed by atoms with Crippen molar-refractivity contribution >= 4 is 45.0 Å². The number of nitrogens with one attached hydrogen (secondary N) is 1. The van der Waals surface area contributed by atoms with E-state index < -0.39 is 27.1 Å². The van der Waals surface area contributed by atoms with E-state index in [0.717, 1.165) is 23.8 Å². The summed E-state index contributed by atoms with van der Waals surface area (Å²) in [5.74, 6) is -0.795. The van der Waals surface area contributed by atoms with Crippen molar-refractivity contribution in [2.75, 3.05) is 5.32 Å². The molecule has 1 N–H and O–H groups in total. The van der Waals surface area contributed by atoms with Crippen molar-refractivity contribution in [2.45, 2.75) is 6.92 Å². The molecule has 0 unspecified atom stereocenters. The standard InChI is InChI=1S/C23H15BrN4O6/c1-14-4-2-3-5-19(14)26-23(29)16(13-25)10-15-11-17(24)6-8-21(15)34-22-9-7-18(27(30)31)12-20(22)28(32)33/h2-12H,1H3,(H,26,29)/b16-10+. The summed E-state index contributed by atoms with van der Waals surface area (Å²) in [7, 11) is 0. The third-order valence-corrected chi connectivity index (χ3v) is 5.09. The number of carbonyl (C=O) groups is 1. The summed E-state index contributed by atoms with van der Waals surface area (Å²) in [5, 5.41) is 34.6. The summed E-state index contributed by atoms with van der Waals surface area (Å²) in [4.78, 5) is 33.5. The van der Waals surface area contributed by atoms with Crippen molar-refractivity contribution in [3.63, 3.8) is 0 Å². The zero-order valence-electron chi connectivity index (χ0n) is 17.5. The molecule has 0 aliphatic rings. The second-order valence-electron chi connectivity index (χ2n) is 6.89. The van der Waals surface area contributed by atoms with Gasteiger partial charge >= 0.3 is 5.69 Å². The average molecular weight is 523 g/mol. The molecule has 3 aromatic rings. The van der Waals surface area contributed by atoms with Crippen LogP contribution in [0, 0.1) is 38.5 Å². The maximum Gasteiger partial charge on any atom is 0.318 e. The number of nitriles is 1. The van der Waals surface area contributed by atoms with Gasteiger partial charge in [0.2, 0.25) is 5.75 Å². The Morgan fingerprint density at radius 3 is 2.41 bits per heavy atom. The summed E-state index contributed by atoms with van der Waals surface area (Å²) in [6.07, 6.45) is 1.28. The first-order valence-corrected chi connectivity index (χ1v) is 10.4. The number of carbonyl (C=O) groups excluding carboxylic acids is 1. The highest BCUT2D eigenvalue weighted by Gasteiger charge is 2.22. The Labute approximate surface area is 201 Å². The lowest BCUT2D eigenvalue weighted by Gasteiger charge is -2.11. The number of hydrogen-bond acceptors (Lipinski definition) is 7. The van der Waals surface area contributed by atoms with Crippen LogP contribution in [0.15, 0.2) is 70.7 Å². The number of aryl methyl sites for hydroxylation is 1. The third-order valence-electron chi connectivity index (χ3n) is 4.60. The maximum atomic E-state index is 12.7. The molecule has 11 heteroatoms. The number of rotatable bonds is 7. The van der Waals surface area contributed by atoms with Gasteiger partial charge in [-0.1, -0.05) is 34.1 Å². The second kappa shape index (κ2) is 10.4. The molecule has 0 aliphatic heterocycles. The normalized spacial score (nSPS) is 10.8. The largest absolute Gasteiger partial charge is 0.449 e. The van der Waals surface area contributed by atoms with E-state index in [2.05, 4.69) is 21.2 Å². The number of hydrogen-bond donors (Lipinski definition) is 1. The first-order chi connectivity index (χ1) is 16.2. The van der Waals surface area contributed by atoms with Gasteiger partial charge in [-0.3, -0.25) is 25.0 Å². The first-order valence-electron chi connectivity index (χ1n) is 9.58. The number of anilines is 1. The van der Waals surface area contributed by atoms with E-state index in [0.29, 0.717) is 10.2 Å². The molecule has 1 amide bonds. The van der Waals surface area contributed by atoms with Gasteiger partial charge in [-0.2, -0.15) is 5.26 Å². The summed E-state index contributed by atoms with van der Waals surface area (Å²) in [5.41, 5.74) is 0.327. The minimum Gasteiger partial charge on any atom is -0.449 e. The lowest BCUT2D eigenvalue weighted by atomic mass is 10.1. The molecule has 3 rings (SSSR count). The number of ether oxygens (including phenoxy) is 1. The van der Waals surface area contributed by atoms with Gasteiger partial charge in [0.05, 0.1) is 15.9 Å². The number of amides is 1. The predicted molar refractivity (Wildman–Crippen MR) is 127 cm³/mol. The van der Waals surface area contributed by atoms with Crippen LogP contribution in [0.2, 0.25) is 0 Å². The van der Waals surface area contributed by atoms with E-state index in [9.17, 15) is 30.3 Å². The molecule has 0 bridgehead atoms. The number of benzene rings is 3. The van der Waals surface area contributed by atoms with E-state index in [1.165, 1.54) is 12.1 Å². The van der Waals surface area contributed by atoms with Crippen LogP contribution in [0.3, 0.4) is 0 Å². The third kappa shape index (κ3) is 5.62. The molecule has 0 spiro atoms. The number of nitro benzene ring substituents is 2. The molecule has 3 aromatic carbocycles. The molecule has 170 valence electrons. The Bertz CT molecular complexity index is 1380. The van der Waals surface area contributed by atoms with Gasteiger partial charge in [0.25, 0.3) is 11.6 Å². The molecule has 0 aliphatic carbocycles. The van der Waals surface area contributed by atoms with E-state index in [1.807, 2.05) is 25.1 Å². The van der Waals surface area contributed by atoms with Crippen LogP contribution in [0.5, 0.6) is 11.5 Å². The van der Waals surface area contributed by atoms with Gasteiger partial charge < -0.3 is 10.1 Å². The fraction of sp³-hybridized carbons (Fsp3) is 0.0435. The van der Waals surface area contributed by atoms with E-state index in [1.54, 1.807) is 24.3 Å². The molecule has 0 heterocycles. The quantitative estimate of drug-likeness (QED) is 0.175. The number of para-hydroxylation sites is 1. The van der Waals surface area contributed by atoms with Crippen molar-refractivity contribution in [3.8, 4) is 17.6 Å². The fourth-order valence-electron chi connectivity index (χ4n) is 2.90. The zero-order chi connectivity index (χ0) is 24.8. The minimum absolute atomic E-state index is 0.0941. The molecule has 0 fully saturated rings. The summed E-state index contributed by atoms with van der Waals surface area (Å²) >= 11 is 3.31. The Balaban J connectivity index is 1.99. The smallest absolute Gasteiger partial charge is 0.318 e. The summed E-state index contributed by atoms with van der Waals surface area (Å²) in [6, 6.07) is 16.5. The van der Waals surface area contributed by atoms with E-state index in [4.69, 9.17) is 4.74 Å². The molecule has 0 atom stereocenters. The van der Waals surface area contributed by atoms with Crippen LogP contribution in [0.25, 0.3) is 6.08 Å². The summed E-state index contributed by atoms with van der Waals surface area (Å²) < 4.78 is 6.28. The zero-order valence-corrected chi connectivity index (χ0v) is 19.1. The highest BCUT2D eigenvalue weighted by atomic mass is 79.9. The van der Waals surface area contributed by atoms with Crippen LogP contribution in [-0.2, 0) is 4.79 Å². The Morgan fingerprint density at radius 2 is 1.76 bits per heavy atom. The predicted octanol–water partition coefficient (Wildman–Crippen LogP) is 5.91. The highest BCUT2D eigenvalue weighted by Crippen LogP contribution is 2.37. The van der Waals surface area contributed by atoms with Gasteiger partial charge in [-0.25, -0.2) is 0 Å². The summed E-state index contributed by atoms with van der Waals surface area (Å²) in [6.45, 7) is 1.81. The number of halogens is 1. The lowest BCUT2D eigenvalue weighted by molar-refractivity contribution is -0.394. The second-order valence-corrected chi connectivity index (χ2v) is 7.80. The molecule has 0 saturated carbocycles. The number of non-ortho nitro benzene ring substituents is 1. The molecular weight excluding hydrogens is 508 g/mol. The van der Waals surface area contributed by atoms with Crippen molar-refractivity contribution < 1.29 is 19.4 Å². The van der Waals surface area contributed by atoms with Crippen LogP contribution in [-0.4, -0.2) is 15.8 Å². The highest BCUT2D eigenvalue weighted by molar-refractivity contribution is 9.10. The van der Waals surface area contributed by atoms with Crippen molar-refractivity contribution in [1.29, 1.82) is 5.26 Å². The van der Waals surface area contributed by atoms with Crippen LogP contribution in [0.4, 0.5) is 17.1 Å². The van der Waals surface area contributed by atoms with Gasteiger partial charge in [-0.15, -0.1) is 0 Å². The first kappa shape index (κ1) is 24.1. The van der Waals surface area contributed by atoms with Crippen LogP contribution in [0.1, 0.15) is 11.1 Å². The Hall–Kier alpha value is -4.56. The molecule has 0 aromatic heterocycles. The molecule has 34 heavy (non-hydrogen) atoms. The van der Waals surface area contributed by atoms with Gasteiger partial charge in [0.1, 0.15) is 17.4 Å². The van der Waals surface area contributed by atoms with Crippen LogP contribution >= 0.6 is 15.9 Å². The SMILES string of the molecule is Cc1ccccc1NC(=O)/C(C#N)=C/c1cc(Br)ccc1Oc1ccc([N+](=O)[O-])cc1[N+](=O)[O-]. The van der Waals surface area contributed by atoms with Crippen molar-refractivity contribution in [2.24, 2.45) is 0 Å². The average Bonchev–Trinajstić information content (AvgIpc) is 2.80. The molecule has 10 nitrogen and oxygen atoms in total. The lowest BCUT2D eigenvalue weighted by Crippen LogP contribution is -2.14. The van der Waals surface area contributed by atoms with Crippen LogP contribution < -0.4 is 10.1 Å². The number of nitrogens with zero attached hydrogens (tertiary/aromatic N) is 3.